The first-order valence-corrected chi connectivity index (χ1v) is 8.97. The average Bonchev–Trinajstić information content (AvgIpc) is 2.67. The minimum Gasteiger partial charge on any atom is -0.379 e. The van der Waals surface area contributed by atoms with Crippen molar-refractivity contribution in [3.05, 3.63) is 36.2 Å². The van der Waals surface area contributed by atoms with E-state index in [2.05, 4.69) is 15.2 Å². The topological polar surface area (TPSA) is 54.5 Å². The summed E-state index contributed by atoms with van der Waals surface area (Å²) in [6, 6.07) is 3.81. The zero-order valence-electron chi connectivity index (χ0n) is 14.2. The fourth-order valence-electron chi connectivity index (χ4n) is 3.81. The van der Waals surface area contributed by atoms with Crippen LogP contribution in [-0.4, -0.2) is 54.2 Å². The molecule has 1 N–H and O–H groups in total. The molecule has 0 bridgehead atoms. The lowest BCUT2D eigenvalue weighted by atomic mass is 9.79. The van der Waals surface area contributed by atoms with E-state index in [4.69, 9.17) is 4.74 Å². The molecule has 2 fully saturated rings. The molecule has 24 heavy (non-hydrogen) atoms. The summed E-state index contributed by atoms with van der Waals surface area (Å²) >= 11 is 0. The van der Waals surface area contributed by atoms with Crippen molar-refractivity contribution < 1.29 is 9.53 Å². The highest BCUT2D eigenvalue weighted by molar-refractivity contribution is 5.91. The standard InChI is InChI=1S/C19H27N3O2/c23-18(7-6-17-5-4-10-20-15-17)21-16-19(8-2-1-3-9-19)22-11-13-24-14-12-22/h4-7,10,15H,1-3,8-9,11-14,16H2,(H,21,23)/b7-6-. The van der Waals surface area contributed by atoms with Crippen molar-refractivity contribution in [3.8, 4) is 0 Å². The van der Waals surface area contributed by atoms with E-state index in [9.17, 15) is 4.79 Å². The van der Waals surface area contributed by atoms with Gasteiger partial charge in [-0.1, -0.05) is 25.3 Å². The molecule has 3 rings (SSSR count). The number of nitrogens with one attached hydrogen (secondary N) is 1. The lowest BCUT2D eigenvalue weighted by Gasteiger charge is -2.48. The van der Waals surface area contributed by atoms with E-state index in [-0.39, 0.29) is 11.4 Å². The number of pyridine rings is 1. The zero-order valence-corrected chi connectivity index (χ0v) is 14.2. The molecule has 1 saturated heterocycles. The van der Waals surface area contributed by atoms with Crippen LogP contribution >= 0.6 is 0 Å². The molecule has 1 aliphatic heterocycles. The molecular formula is C19H27N3O2. The maximum atomic E-state index is 12.2. The molecule has 1 amide bonds. The lowest BCUT2D eigenvalue weighted by Crippen LogP contribution is -2.59. The van der Waals surface area contributed by atoms with E-state index >= 15 is 0 Å². The molecule has 1 aliphatic carbocycles. The number of amides is 1. The van der Waals surface area contributed by atoms with E-state index in [1.807, 2.05) is 18.2 Å². The van der Waals surface area contributed by atoms with E-state index in [1.54, 1.807) is 18.5 Å². The van der Waals surface area contributed by atoms with Crippen molar-refractivity contribution in [2.24, 2.45) is 0 Å². The molecule has 0 aromatic carbocycles. The fourth-order valence-corrected chi connectivity index (χ4v) is 3.81. The second kappa shape index (κ2) is 8.40. The van der Waals surface area contributed by atoms with Crippen LogP contribution < -0.4 is 5.32 Å². The van der Waals surface area contributed by atoms with Gasteiger partial charge in [-0.25, -0.2) is 0 Å². The Kier molecular flexibility index (Phi) is 5.99. The first-order chi connectivity index (χ1) is 11.8. The number of carbonyl (C=O) groups is 1. The van der Waals surface area contributed by atoms with Crippen LogP contribution in [0.5, 0.6) is 0 Å². The highest BCUT2D eigenvalue weighted by Gasteiger charge is 2.38. The van der Waals surface area contributed by atoms with Gasteiger partial charge < -0.3 is 10.1 Å². The van der Waals surface area contributed by atoms with Crippen LogP contribution in [0.4, 0.5) is 0 Å². The first kappa shape index (κ1) is 17.1. The monoisotopic (exact) mass is 329 g/mol. The largest absolute Gasteiger partial charge is 0.379 e. The summed E-state index contributed by atoms with van der Waals surface area (Å²) in [6.45, 7) is 4.28. The normalized spacial score (nSPS) is 21.7. The lowest BCUT2D eigenvalue weighted by molar-refractivity contribution is -0.117. The van der Waals surface area contributed by atoms with Gasteiger partial charge in [-0.2, -0.15) is 0 Å². The number of aromatic nitrogens is 1. The maximum Gasteiger partial charge on any atom is 0.244 e. The number of rotatable bonds is 5. The third-order valence-corrected chi connectivity index (χ3v) is 5.17. The maximum absolute atomic E-state index is 12.2. The zero-order chi connectivity index (χ0) is 16.7. The van der Waals surface area contributed by atoms with Crippen LogP contribution in [0.25, 0.3) is 6.08 Å². The highest BCUT2D eigenvalue weighted by atomic mass is 16.5. The van der Waals surface area contributed by atoms with Crippen LogP contribution in [0, 0.1) is 0 Å². The average molecular weight is 329 g/mol. The molecule has 1 saturated carbocycles. The van der Waals surface area contributed by atoms with Crippen molar-refractivity contribution in [3.63, 3.8) is 0 Å². The molecule has 5 heteroatoms. The highest BCUT2D eigenvalue weighted by Crippen LogP contribution is 2.33. The quantitative estimate of drug-likeness (QED) is 0.842. The van der Waals surface area contributed by atoms with Gasteiger partial charge in [0, 0.05) is 43.6 Å². The van der Waals surface area contributed by atoms with Gasteiger partial charge in [-0.15, -0.1) is 0 Å². The van der Waals surface area contributed by atoms with Gasteiger partial charge in [-0.3, -0.25) is 14.7 Å². The van der Waals surface area contributed by atoms with E-state index in [0.29, 0.717) is 0 Å². The Morgan fingerprint density at radius 2 is 2.08 bits per heavy atom. The molecule has 1 aromatic heterocycles. The summed E-state index contributed by atoms with van der Waals surface area (Å²) in [6.07, 6.45) is 13.0. The third-order valence-electron chi connectivity index (χ3n) is 5.17. The Bertz CT molecular complexity index is 547. The molecule has 0 unspecified atom stereocenters. The summed E-state index contributed by atoms with van der Waals surface area (Å²) < 4.78 is 5.50. The van der Waals surface area contributed by atoms with Gasteiger partial charge in [-0.05, 0) is 30.5 Å². The van der Waals surface area contributed by atoms with Crippen molar-refractivity contribution in [1.82, 2.24) is 15.2 Å². The first-order valence-electron chi connectivity index (χ1n) is 8.97. The van der Waals surface area contributed by atoms with Crippen LogP contribution in [0.2, 0.25) is 0 Å². The van der Waals surface area contributed by atoms with E-state index in [1.165, 1.54) is 32.1 Å². The number of ether oxygens (including phenoxy) is 1. The predicted molar refractivity (Wildman–Crippen MR) is 94.5 cm³/mol. The van der Waals surface area contributed by atoms with Gasteiger partial charge >= 0.3 is 0 Å². The van der Waals surface area contributed by atoms with Crippen LogP contribution in [0.3, 0.4) is 0 Å². The molecule has 1 aromatic rings. The van der Waals surface area contributed by atoms with Gasteiger partial charge in [0.2, 0.25) is 5.91 Å². The van der Waals surface area contributed by atoms with Gasteiger partial charge in [0.05, 0.1) is 13.2 Å². The molecule has 2 heterocycles. The van der Waals surface area contributed by atoms with Gasteiger partial charge in [0.1, 0.15) is 0 Å². The molecule has 5 nitrogen and oxygen atoms in total. The third kappa shape index (κ3) is 4.42. The minimum absolute atomic E-state index is 0.0305. The minimum atomic E-state index is -0.0305. The number of morpholine rings is 1. The molecule has 0 radical (unpaired) electrons. The van der Waals surface area contributed by atoms with Gasteiger partial charge in [0.15, 0.2) is 0 Å². The Labute approximate surface area is 144 Å². The number of hydrogen-bond acceptors (Lipinski definition) is 4. The smallest absolute Gasteiger partial charge is 0.244 e. The molecule has 0 atom stereocenters. The van der Waals surface area contributed by atoms with Crippen molar-refractivity contribution in [2.45, 2.75) is 37.6 Å². The number of carbonyl (C=O) groups excluding carboxylic acids is 1. The SMILES string of the molecule is O=C(/C=C\c1cccnc1)NCC1(N2CCOCC2)CCCCC1. The summed E-state index contributed by atoms with van der Waals surface area (Å²) in [4.78, 5) is 18.8. The second-order valence-corrected chi connectivity index (χ2v) is 6.72. The number of nitrogens with zero attached hydrogens (tertiary/aromatic N) is 2. The fraction of sp³-hybridized carbons (Fsp3) is 0.579. The van der Waals surface area contributed by atoms with E-state index in [0.717, 1.165) is 38.4 Å². The predicted octanol–water partition coefficient (Wildman–Crippen LogP) is 2.25. The molecule has 130 valence electrons. The van der Waals surface area contributed by atoms with Crippen molar-refractivity contribution in [1.29, 1.82) is 0 Å². The Morgan fingerprint density at radius 3 is 2.79 bits per heavy atom. The Hall–Kier alpha value is -1.72. The summed E-state index contributed by atoms with van der Waals surface area (Å²) in [7, 11) is 0. The van der Waals surface area contributed by atoms with Crippen molar-refractivity contribution >= 4 is 12.0 Å². The summed E-state index contributed by atoms with van der Waals surface area (Å²) in [5, 5.41) is 3.13. The van der Waals surface area contributed by atoms with Gasteiger partial charge in [0.25, 0.3) is 0 Å². The number of hydrogen-bond donors (Lipinski definition) is 1. The molecule has 0 spiro atoms. The summed E-state index contributed by atoms with van der Waals surface area (Å²) in [5.74, 6) is -0.0305. The van der Waals surface area contributed by atoms with E-state index < -0.39 is 0 Å². The van der Waals surface area contributed by atoms with Crippen LogP contribution in [0.1, 0.15) is 37.7 Å². The molecule has 2 aliphatic rings. The second-order valence-electron chi connectivity index (χ2n) is 6.72. The molecular weight excluding hydrogens is 302 g/mol. The Morgan fingerprint density at radius 1 is 1.29 bits per heavy atom. The van der Waals surface area contributed by atoms with Crippen LogP contribution in [0.15, 0.2) is 30.6 Å². The van der Waals surface area contributed by atoms with Crippen LogP contribution in [-0.2, 0) is 9.53 Å². The summed E-state index contributed by atoms with van der Waals surface area (Å²) in [5.41, 5.74) is 1.05. The Balaban J connectivity index is 1.58. The van der Waals surface area contributed by atoms with Crippen molar-refractivity contribution in [2.75, 3.05) is 32.8 Å².